The van der Waals surface area contributed by atoms with Gasteiger partial charge in [-0.2, -0.15) is 0 Å². The van der Waals surface area contributed by atoms with Crippen molar-refractivity contribution in [3.8, 4) is 0 Å². The number of allylic oxidation sites excluding steroid dienone is 4. The minimum Gasteiger partial charge on any atom is -0.330 e. The quantitative estimate of drug-likeness (QED) is 0.597. The zero-order valence-electron chi connectivity index (χ0n) is 19.5. The summed E-state index contributed by atoms with van der Waals surface area (Å²) in [4.78, 5) is 21.2. The van der Waals surface area contributed by atoms with Crippen LogP contribution in [0, 0.1) is 5.92 Å². The lowest BCUT2D eigenvalue weighted by Crippen LogP contribution is -2.20. The smallest absolute Gasteiger partial charge is 0.162 e. The summed E-state index contributed by atoms with van der Waals surface area (Å²) >= 11 is 0. The summed E-state index contributed by atoms with van der Waals surface area (Å²) in [5, 5.41) is 0. The van der Waals surface area contributed by atoms with Crippen LogP contribution in [-0.4, -0.2) is 18.1 Å². The molecule has 0 fully saturated rings. The number of fused-ring (bicyclic) bond motifs is 3. The lowest BCUT2D eigenvalue weighted by molar-refractivity contribution is -0.115. The van der Waals surface area contributed by atoms with Gasteiger partial charge < -0.3 is 10.5 Å². The van der Waals surface area contributed by atoms with Crippen molar-refractivity contribution in [3.05, 3.63) is 58.7 Å². The Kier molecular flexibility index (Phi) is 13.9. The van der Waals surface area contributed by atoms with Crippen molar-refractivity contribution >= 4 is 11.6 Å². The van der Waals surface area contributed by atoms with Crippen LogP contribution in [-0.2, 0) is 11.2 Å². The molecule has 1 aromatic carbocycles. The predicted octanol–water partition coefficient (Wildman–Crippen LogP) is 6.42. The molecule has 1 aromatic rings. The highest BCUT2D eigenvalue weighted by Crippen LogP contribution is 2.41. The molecule has 3 heteroatoms. The van der Waals surface area contributed by atoms with Gasteiger partial charge in [-0.05, 0) is 69.7 Å². The van der Waals surface area contributed by atoms with Gasteiger partial charge in [0.1, 0.15) is 5.78 Å². The summed E-state index contributed by atoms with van der Waals surface area (Å²) in [6.07, 6.45) is 10.9. The predicted molar refractivity (Wildman–Crippen MR) is 126 cm³/mol. The van der Waals surface area contributed by atoms with Gasteiger partial charge >= 0.3 is 0 Å². The molecule has 0 spiro atoms. The number of Topliss-reactive ketones (excluding diaryl/α,β-unsaturated/α-hetero) is 2. The second-order valence-corrected chi connectivity index (χ2v) is 7.39. The highest BCUT2D eigenvalue weighted by atomic mass is 16.1. The van der Waals surface area contributed by atoms with Gasteiger partial charge in [-0.15, -0.1) is 0 Å². The maximum Gasteiger partial charge on any atom is 0.162 e. The van der Waals surface area contributed by atoms with Crippen LogP contribution < -0.4 is 5.73 Å². The summed E-state index contributed by atoms with van der Waals surface area (Å²) in [6, 6.07) is 6.30. The first-order valence-electron chi connectivity index (χ1n) is 11.0. The number of ketones is 2. The minimum atomic E-state index is 0.167. The first-order valence-corrected chi connectivity index (χ1v) is 11.0. The molecular weight excluding hydrogens is 358 g/mol. The number of carbonyl (C=O) groups excluding carboxylic acids is 2. The van der Waals surface area contributed by atoms with Crippen molar-refractivity contribution in [1.82, 2.24) is 0 Å². The van der Waals surface area contributed by atoms with E-state index in [2.05, 4.69) is 44.2 Å². The van der Waals surface area contributed by atoms with E-state index in [1.807, 2.05) is 26.8 Å². The second kappa shape index (κ2) is 14.9. The van der Waals surface area contributed by atoms with Crippen LogP contribution >= 0.6 is 0 Å². The molecule has 2 aliphatic carbocycles. The Morgan fingerprint density at radius 1 is 1.14 bits per heavy atom. The van der Waals surface area contributed by atoms with Crippen LogP contribution in [0.5, 0.6) is 0 Å². The fourth-order valence-corrected chi connectivity index (χ4v) is 3.34. The lowest BCUT2D eigenvalue weighted by Gasteiger charge is -2.32. The van der Waals surface area contributed by atoms with E-state index in [-0.39, 0.29) is 11.6 Å². The van der Waals surface area contributed by atoms with Crippen LogP contribution in [0.2, 0.25) is 0 Å². The largest absolute Gasteiger partial charge is 0.330 e. The summed E-state index contributed by atoms with van der Waals surface area (Å²) in [5.74, 6) is 1.57. The van der Waals surface area contributed by atoms with Gasteiger partial charge in [0.2, 0.25) is 0 Å². The number of rotatable bonds is 3. The highest BCUT2D eigenvalue weighted by molar-refractivity contribution is 5.96. The van der Waals surface area contributed by atoms with Crippen LogP contribution in [0.3, 0.4) is 0 Å². The molecule has 2 unspecified atom stereocenters. The van der Waals surface area contributed by atoms with E-state index in [4.69, 9.17) is 5.73 Å². The number of benzene rings is 1. The zero-order chi connectivity index (χ0) is 22.4. The molecule has 2 aliphatic rings. The molecule has 29 heavy (non-hydrogen) atoms. The van der Waals surface area contributed by atoms with Crippen LogP contribution in [0.1, 0.15) is 95.1 Å². The van der Waals surface area contributed by atoms with Gasteiger partial charge in [0.05, 0.1) is 0 Å². The fraction of sp³-hybridized carbons (Fsp3) is 0.538. The van der Waals surface area contributed by atoms with E-state index in [1.165, 1.54) is 37.0 Å². The second-order valence-electron chi connectivity index (χ2n) is 7.39. The third kappa shape index (κ3) is 9.36. The number of nitrogens with two attached hydrogens (primary N) is 1. The lowest BCUT2D eigenvalue weighted by atomic mass is 9.72. The summed E-state index contributed by atoms with van der Waals surface area (Å²) in [5.41, 5.74) is 10.1. The van der Waals surface area contributed by atoms with Crippen molar-refractivity contribution in [3.63, 3.8) is 0 Å². The Balaban J connectivity index is 0.000000666. The first kappa shape index (κ1) is 27.0. The Morgan fingerprint density at radius 2 is 1.72 bits per heavy atom. The molecule has 0 saturated heterocycles. The topological polar surface area (TPSA) is 60.2 Å². The molecule has 0 radical (unpaired) electrons. The standard InChI is InChI=1S/C18H20O.C3H9N.C3H6O.C2H6/c1-3-18(19)15-7-9-17-14(11-15)6-5-13-10-12(2)4-8-16(13)17;1-2-3-4;1-3(2)4;1-2/h4,7-11,13,16H,3,5-6H2,1-2H3;2-4H2,1H3;1-2H3;1-2H3. The summed E-state index contributed by atoms with van der Waals surface area (Å²) < 4.78 is 0. The molecule has 162 valence electrons. The molecule has 0 aromatic heterocycles. The van der Waals surface area contributed by atoms with Crippen LogP contribution in [0.15, 0.2) is 42.0 Å². The van der Waals surface area contributed by atoms with Crippen LogP contribution in [0.4, 0.5) is 0 Å². The van der Waals surface area contributed by atoms with Crippen molar-refractivity contribution < 1.29 is 9.59 Å². The van der Waals surface area contributed by atoms with E-state index >= 15 is 0 Å². The zero-order valence-corrected chi connectivity index (χ0v) is 19.5. The van der Waals surface area contributed by atoms with Crippen LogP contribution in [0.25, 0.3) is 0 Å². The third-order valence-corrected chi connectivity index (χ3v) is 4.69. The molecule has 3 rings (SSSR count). The van der Waals surface area contributed by atoms with Gasteiger partial charge in [0.15, 0.2) is 5.78 Å². The minimum absolute atomic E-state index is 0.167. The normalized spacial score (nSPS) is 18.1. The maximum absolute atomic E-state index is 11.8. The maximum atomic E-state index is 11.8. The summed E-state index contributed by atoms with van der Waals surface area (Å²) in [6.45, 7) is 14.0. The Bertz CT molecular complexity index is 695. The highest BCUT2D eigenvalue weighted by Gasteiger charge is 2.28. The molecule has 2 N–H and O–H groups in total. The van der Waals surface area contributed by atoms with E-state index in [1.54, 1.807) is 0 Å². The molecule has 0 bridgehead atoms. The first-order chi connectivity index (χ1) is 13.8. The number of carbonyl (C=O) groups is 2. The SMILES string of the molecule is CC.CC(C)=O.CCC(=O)c1ccc2c(c1)CCC1C=C(C)C=CC21.CCCN. The van der Waals surface area contributed by atoms with Gasteiger partial charge in [-0.25, -0.2) is 0 Å². The van der Waals surface area contributed by atoms with E-state index in [0.717, 1.165) is 24.9 Å². The number of hydrogen-bond acceptors (Lipinski definition) is 3. The average Bonchev–Trinajstić information content (AvgIpc) is 2.73. The molecule has 0 amide bonds. The Morgan fingerprint density at radius 3 is 2.24 bits per heavy atom. The van der Waals surface area contributed by atoms with E-state index in [9.17, 15) is 9.59 Å². The van der Waals surface area contributed by atoms with Gasteiger partial charge in [0, 0.05) is 17.9 Å². The van der Waals surface area contributed by atoms with Crippen molar-refractivity contribution in [2.45, 2.75) is 80.1 Å². The van der Waals surface area contributed by atoms with Crippen molar-refractivity contribution in [2.75, 3.05) is 6.54 Å². The molecule has 0 heterocycles. The summed E-state index contributed by atoms with van der Waals surface area (Å²) in [7, 11) is 0. The average molecular weight is 400 g/mol. The third-order valence-electron chi connectivity index (χ3n) is 4.69. The molecule has 3 nitrogen and oxygen atoms in total. The Hall–Kier alpha value is -2.00. The number of hydrogen-bond donors (Lipinski definition) is 1. The van der Waals surface area contributed by atoms with Gasteiger partial charge in [-0.1, -0.05) is 63.6 Å². The Labute approximate surface area is 178 Å². The molecule has 0 saturated carbocycles. The van der Waals surface area contributed by atoms with Gasteiger partial charge in [0.25, 0.3) is 0 Å². The molecular formula is C26H41NO2. The van der Waals surface area contributed by atoms with Gasteiger partial charge in [-0.3, -0.25) is 4.79 Å². The number of aryl methyl sites for hydroxylation is 1. The van der Waals surface area contributed by atoms with E-state index < -0.39 is 0 Å². The molecule has 2 atom stereocenters. The van der Waals surface area contributed by atoms with E-state index in [0.29, 0.717) is 18.3 Å². The molecule has 0 aliphatic heterocycles. The van der Waals surface area contributed by atoms with Crippen molar-refractivity contribution in [1.29, 1.82) is 0 Å². The fourth-order valence-electron chi connectivity index (χ4n) is 3.34. The monoisotopic (exact) mass is 399 g/mol. The van der Waals surface area contributed by atoms with Crippen molar-refractivity contribution in [2.24, 2.45) is 11.7 Å².